The smallest absolute Gasteiger partial charge is 0.165 e. The Morgan fingerprint density at radius 3 is 2.75 bits per heavy atom. The Morgan fingerprint density at radius 1 is 1.31 bits per heavy atom. The van der Waals surface area contributed by atoms with Crippen LogP contribution in [0.3, 0.4) is 0 Å². The highest BCUT2D eigenvalue weighted by Gasteiger charge is 2.09. The van der Waals surface area contributed by atoms with Gasteiger partial charge in [-0.1, -0.05) is 0 Å². The van der Waals surface area contributed by atoms with Crippen molar-refractivity contribution in [3.63, 3.8) is 0 Å². The van der Waals surface area contributed by atoms with E-state index in [0.29, 0.717) is 5.82 Å². The van der Waals surface area contributed by atoms with Crippen molar-refractivity contribution in [2.24, 2.45) is 0 Å². The van der Waals surface area contributed by atoms with Crippen LogP contribution >= 0.6 is 0 Å². The minimum absolute atomic E-state index is 0.710. The topological polar surface area (TPSA) is 51.0 Å². The van der Waals surface area contributed by atoms with Gasteiger partial charge in [0, 0.05) is 18.3 Å². The molecule has 0 bridgehead atoms. The Kier molecular flexibility index (Phi) is 2.90. The Bertz CT molecular complexity index is 491. The fourth-order valence-corrected chi connectivity index (χ4v) is 1.58. The average molecular weight is 217 g/mol. The molecule has 0 aliphatic heterocycles. The van der Waals surface area contributed by atoms with Crippen LogP contribution in [0.2, 0.25) is 0 Å². The van der Waals surface area contributed by atoms with E-state index in [1.807, 2.05) is 32.9 Å². The van der Waals surface area contributed by atoms with Crippen molar-refractivity contribution in [1.82, 2.24) is 9.97 Å². The van der Waals surface area contributed by atoms with Crippen LogP contribution in [0.25, 0.3) is 11.4 Å². The average Bonchev–Trinajstić information content (AvgIpc) is 2.64. The Morgan fingerprint density at radius 2 is 2.12 bits per heavy atom. The summed E-state index contributed by atoms with van der Waals surface area (Å²) in [5.41, 5.74) is 1.89. The van der Waals surface area contributed by atoms with Gasteiger partial charge in [-0.05, 0) is 26.8 Å². The molecule has 0 atom stereocenters. The molecule has 0 aliphatic rings. The number of nitrogens with zero attached hydrogens (tertiary/aromatic N) is 2. The van der Waals surface area contributed by atoms with Gasteiger partial charge in [-0.15, -0.1) is 0 Å². The first-order chi connectivity index (χ1) is 7.70. The molecule has 0 radical (unpaired) electrons. The van der Waals surface area contributed by atoms with Gasteiger partial charge in [-0.3, -0.25) is 0 Å². The first-order valence-electron chi connectivity index (χ1n) is 5.34. The van der Waals surface area contributed by atoms with Gasteiger partial charge in [0.2, 0.25) is 0 Å². The van der Waals surface area contributed by atoms with Crippen molar-refractivity contribution in [3.05, 3.63) is 29.9 Å². The minimum Gasteiger partial charge on any atom is -0.469 e. The molecule has 16 heavy (non-hydrogen) atoms. The summed E-state index contributed by atoms with van der Waals surface area (Å²) >= 11 is 0. The molecule has 0 aromatic carbocycles. The molecule has 0 unspecified atom stereocenters. The number of nitrogens with one attached hydrogen (secondary N) is 1. The van der Waals surface area contributed by atoms with Crippen LogP contribution < -0.4 is 5.32 Å². The zero-order valence-electron chi connectivity index (χ0n) is 9.74. The summed E-state index contributed by atoms with van der Waals surface area (Å²) in [4.78, 5) is 8.85. The van der Waals surface area contributed by atoms with Crippen LogP contribution in [-0.4, -0.2) is 16.5 Å². The zero-order chi connectivity index (χ0) is 11.5. The summed E-state index contributed by atoms with van der Waals surface area (Å²) in [5.74, 6) is 2.40. The van der Waals surface area contributed by atoms with Crippen LogP contribution in [0, 0.1) is 13.8 Å². The molecule has 4 heteroatoms. The van der Waals surface area contributed by atoms with Crippen molar-refractivity contribution in [1.29, 1.82) is 0 Å². The normalized spacial score (nSPS) is 10.4. The third-order valence-electron chi connectivity index (χ3n) is 2.31. The Labute approximate surface area is 94.7 Å². The summed E-state index contributed by atoms with van der Waals surface area (Å²) in [7, 11) is 0. The van der Waals surface area contributed by atoms with Gasteiger partial charge in [0.25, 0.3) is 0 Å². The molecule has 0 fully saturated rings. The quantitative estimate of drug-likeness (QED) is 0.858. The summed E-state index contributed by atoms with van der Waals surface area (Å²) < 4.78 is 5.26. The van der Waals surface area contributed by atoms with Gasteiger partial charge >= 0.3 is 0 Å². The highest BCUT2D eigenvalue weighted by atomic mass is 16.3. The van der Waals surface area contributed by atoms with E-state index in [0.717, 1.165) is 29.4 Å². The highest BCUT2D eigenvalue weighted by molar-refractivity contribution is 5.59. The van der Waals surface area contributed by atoms with E-state index in [1.54, 1.807) is 6.26 Å². The standard InChI is InChI=1S/C12H15N3O/c1-4-13-11-7-8(2)14-12(15-11)10-5-6-16-9(10)3/h5-7H,4H2,1-3H3,(H,13,14,15). The second-order valence-electron chi connectivity index (χ2n) is 3.64. The molecule has 0 aliphatic carbocycles. The van der Waals surface area contributed by atoms with E-state index < -0.39 is 0 Å². The molecule has 0 spiro atoms. The van der Waals surface area contributed by atoms with Crippen LogP contribution in [0.1, 0.15) is 18.4 Å². The molecular weight excluding hydrogens is 202 g/mol. The summed E-state index contributed by atoms with van der Waals surface area (Å²) in [6.07, 6.45) is 1.66. The monoisotopic (exact) mass is 217 g/mol. The van der Waals surface area contributed by atoms with E-state index in [4.69, 9.17) is 4.42 Å². The molecule has 2 heterocycles. The van der Waals surface area contributed by atoms with E-state index in [2.05, 4.69) is 15.3 Å². The van der Waals surface area contributed by atoms with Gasteiger partial charge in [-0.2, -0.15) is 0 Å². The van der Waals surface area contributed by atoms with Crippen molar-refractivity contribution in [2.45, 2.75) is 20.8 Å². The lowest BCUT2D eigenvalue weighted by molar-refractivity contribution is 0.535. The number of hydrogen-bond acceptors (Lipinski definition) is 4. The van der Waals surface area contributed by atoms with E-state index in [-0.39, 0.29) is 0 Å². The second-order valence-corrected chi connectivity index (χ2v) is 3.64. The number of rotatable bonds is 3. The SMILES string of the molecule is CCNc1cc(C)nc(-c2ccoc2C)n1. The van der Waals surface area contributed by atoms with Crippen LogP contribution in [0.4, 0.5) is 5.82 Å². The van der Waals surface area contributed by atoms with Gasteiger partial charge in [0.05, 0.1) is 11.8 Å². The maximum Gasteiger partial charge on any atom is 0.165 e. The van der Waals surface area contributed by atoms with E-state index in [9.17, 15) is 0 Å². The maximum atomic E-state index is 5.26. The molecule has 1 N–H and O–H groups in total. The lowest BCUT2D eigenvalue weighted by Crippen LogP contribution is -2.02. The van der Waals surface area contributed by atoms with Crippen LogP contribution in [0.5, 0.6) is 0 Å². The highest BCUT2D eigenvalue weighted by Crippen LogP contribution is 2.22. The molecule has 0 saturated carbocycles. The van der Waals surface area contributed by atoms with Gasteiger partial charge in [0.1, 0.15) is 11.6 Å². The van der Waals surface area contributed by atoms with Crippen LogP contribution in [0.15, 0.2) is 22.8 Å². The largest absolute Gasteiger partial charge is 0.469 e. The molecule has 0 amide bonds. The number of hydrogen-bond donors (Lipinski definition) is 1. The van der Waals surface area contributed by atoms with Crippen molar-refractivity contribution in [2.75, 3.05) is 11.9 Å². The summed E-state index contributed by atoms with van der Waals surface area (Å²) in [6.45, 7) is 6.76. The first kappa shape index (κ1) is 10.7. The third kappa shape index (κ3) is 2.05. The second kappa shape index (κ2) is 4.35. The maximum absolute atomic E-state index is 5.26. The van der Waals surface area contributed by atoms with Crippen molar-refractivity contribution >= 4 is 5.82 Å². The van der Waals surface area contributed by atoms with Gasteiger partial charge < -0.3 is 9.73 Å². The lowest BCUT2D eigenvalue weighted by Gasteiger charge is -2.05. The summed E-state index contributed by atoms with van der Waals surface area (Å²) in [6, 6.07) is 3.82. The molecule has 2 rings (SSSR count). The minimum atomic E-state index is 0.710. The molecule has 2 aromatic rings. The fourth-order valence-electron chi connectivity index (χ4n) is 1.58. The van der Waals surface area contributed by atoms with E-state index in [1.165, 1.54) is 0 Å². The molecule has 2 aromatic heterocycles. The fraction of sp³-hybridized carbons (Fsp3) is 0.333. The molecule has 0 saturated heterocycles. The molecular formula is C12H15N3O. The van der Waals surface area contributed by atoms with E-state index >= 15 is 0 Å². The van der Waals surface area contributed by atoms with Crippen molar-refractivity contribution in [3.8, 4) is 11.4 Å². The Hall–Kier alpha value is -1.84. The number of anilines is 1. The summed E-state index contributed by atoms with van der Waals surface area (Å²) in [5, 5.41) is 3.19. The van der Waals surface area contributed by atoms with Gasteiger partial charge in [0.15, 0.2) is 5.82 Å². The zero-order valence-corrected chi connectivity index (χ0v) is 9.74. The molecule has 4 nitrogen and oxygen atoms in total. The predicted molar refractivity (Wildman–Crippen MR) is 63.4 cm³/mol. The lowest BCUT2D eigenvalue weighted by atomic mass is 10.2. The predicted octanol–water partition coefficient (Wildman–Crippen LogP) is 2.79. The van der Waals surface area contributed by atoms with Gasteiger partial charge in [-0.25, -0.2) is 9.97 Å². The Balaban J connectivity index is 2.45. The third-order valence-corrected chi connectivity index (χ3v) is 2.31. The van der Waals surface area contributed by atoms with Crippen LogP contribution in [-0.2, 0) is 0 Å². The first-order valence-corrected chi connectivity index (χ1v) is 5.34. The number of furan rings is 1. The van der Waals surface area contributed by atoms with Crippen molar-refractivity contribution < 1.29 is 4.42 Å². The number of aromatic nitrogens is 2. The molecule has 84 valence electrons. The number of aryl methyl sites for hydroxylation is 2.